The van der Waals surface area contributed by atoms with E-state index in [0.29, 0.717) is 0 Å². The van der Waals surface area contributed by atoms with E-state index in [0.717, 1.165) is 24.3 Å². The molecule has 0 fully saturated rings. The molecule has 294 valence electrons. The van der Waals surface area contributed by atoms with Crippen molar-refractivity contribution in [2.75, 3.05) is 40.6 Å². The molecular weight excluding hydrogens is 881 g/mol. The first-order chi connectivity index (χ1) is 25.2. The normalized spacial score (nSPS) is 11.8. The molecule has 0 bridgehead atoms. The average Bonchev–Trinajstić information content (AvgIpc) is 3.07. The zero-order valence-corrected chi connectivity index (χ0v) is 39.3. The number of nitrogens with one attached hydrogen (secondary N) is 1. The van der Waals surface area contributed by atoms with Crippen LogP contribution >= 0.6 is 0 Å². The minimum absolute atomic E-state index is 0. The predicted octanol–water partition coefficient (Wildman–Crippen LogP) is -5.61. The molecule has 0 atom stereocenters. The summed E-state index contributed by atoms with van der Waals surface area (Å²) in [6, 6.07) is 17.3. The summed E-state index contributed by atoms with van der Waals surface area (Å²) >= 11 is 0. The van der Waals surface area contributed by atoms with Crippen LogP contribution in [0.3, 0.4) is 0 Å². The maximum atomic E-state index is 14.9. The smallest absolute Gasteiger partial charge is 0.744 e. The summed E-state index contributed by atoms with van der Waals surface area (Å²) in [7, 11) is -19.5. The number of azo groups is 1. The molecule has 0 aliphatic rings. The fraction of sp³-hybridized carbons (Fsp3) is 0.167. The summed E-state index contributed by atoms with van der Waals surface area (Å²) in [6.45, 7) is -1.34. The number of halogens is 1. The summed E-state index contributed by atoms with van der Waals surface area (Å²) in [5.41, 5.74) is 5.26. The van der Waals surface area contributed by atoms with Gasteiger partial charge in [0.15, 0.2) is 9.84 Å². The summed E-state index contributed by atoms with van der Waals surface area (Å²) in [5.74, 6) is -2.42. The summed E-state index contributed by atoms with van der Waals surface area (Å²) in [5, 5.41) is 10.3. The van der Waals surface area contributed by atoms with Crippen LogP contribution < -0.4 is 105 Å². The number of nitrogen functional groups attached to an aromatic ring is 1. The molecule has 1 aromatic heterocycles. The zero-order valence-electron chi connectivity index (χ0n) is 30.0. The molecule has 0 aliphatic heterocycles. The van der Waals surface area contributed by atoms with Crippen molar-refractivity contribution in [3.05, 3.63) is 84.9 Å². The van der Waals surface area contributed by atoms with Crippen LogP contribution in [0, 0.1) is 6.08 Å². The van der Waals surface area contributed by atoms with Crippen molar-refractivity contribution in [1.82, 2.24) is 15.0 Å². The molecule has 0 saturated heterocycles. The second-order valence-corrected chi connectivity index (χ2v) is 16.9. The Kier molecular flexibility index (Phi) is 20.4. The van der Waals surface area contributed by atoms with Gasteiger partial charge in [-0.2, -0.15) is 19.3 Å². The topological polar surface area (TPSA) is 320 Å². The molecule has 5 aromatic rings. The first kappa shape index (κ1) is 53.7. The van der Waals surface area contributed by atoms with Crippen LogP contribution in [0.4, 0.5) is 44.7 Å². The number of rotatable bonds is 15. The number of fused-ring (bicyclic) bond motifs is 1. The number of anilines is 5. The van der Waals surface area contributed by atoms with E-state index in [-0.39, 0.29) is 130 Å². The third kappa shape index (κ3) is 14.7. The average molecular weight is 909 g/mol. The first-order valence-electron chi connectivity index (χ1n) is 14.8. The summed E-state index contributed by atoms with van der Waals surface area (Å²) < 4.78 is 148. The molecular formula is C30H28FN8Na3O12S4. The number of aromatic nitrogens is 3. The maximum absolute atomic E-state index is 14.9. The van der Waals surface area contributed by atoms with E-state index >= 15 is 0 Å². The van der Waals surface area contributed by atoms with Gasteiger partial charge in [-0.15, -0.1) is 10.2 Å². The van der Waals surface area contributed by atoms with Crippen molar-refractivity contribution in [2.24, 2.45) is 10.2 Å². The van der Waals surface area contributed by atoms with Gasteiger partial charge in [-0.3, -0.25) is 4.18 Å². The van der Waals surface area contributed by atoms with Crippen molar-refractivity contribution in [3.8, 4) is 0 Å². The summed E-state index contributed by atoms with van der Waals surface area (Å²) in [6.07, 6.45) is -1.35. The number of nitrogens with two attached hydrogens (primary N) is 1. The molecule has 0 radical (unpaired) electrons. The molecule has 58 heavy (non-hydrogen) atoms. The Labute approximate surface area is 399 Å². The molecule has 3 N–H and O–H groups in total. The van der Waals surface area contributed by atoms with E-state index in [1.807, 2.05) is 0 Å². The molecule has 0 spiro atoms. The molecule has 4 aromatic carbocycles. The van der Waals surface area contributed by atoms with Gasteiger partial charge in [-0.05, 0) is 36.4 Å². The third-order valence-corrected chi connectivity index (χ3v) is 11.0. The van der Waals surface area contributed by atoms with Crippen molar-refractivity contribution < 1.29 is 145 Å². The largest absolute Gasteiger partial charge is 1.00 e. The van der Waals surface area contributed by atoms with Crippen molar-refractivity contribution in [2.45, 2.75) is 17.2 Å². The van der Waals surface area contributed by atoms with E-state index in [9.17, 15) is 51.7 Å². The van der Waals surface area contributed by atoms with Gasteiger partial charge < -0.3 is 29.6 Å². The van der Waals surface area contributed by atoms with Crippen LogP contribution in [-0.2, 0) is 44.7 Å². The van der Waals surface area contributed by atoms with Crippen LogP contribution in [-0.4, -0.2) is 86.9 Å². The van der Waals surface area contributed by atoms with Crippen molar-refractivity contribution in [3.63, 3.8) is 0 Å². The van der Waals surface area contributed by atoms with E-state index in [1.54, 1.807) is 18.2 Å². The SMILES string of the molecule is C.Nc1c(N=Nc2cc(Nc3nc(F)nc(N(CCS(=O)(=O)CCOS(=O)(=O)[O-])c4ccccc4)n3)ccc2S(=O)(=O)[O-])cc(S(=O)(=O)[O-])c2ccccc12.[Na+].[Na+].[Na+]. The van der Waals surface area contributed by atoms with Gasteiger partial charge in [-0.1, -0.05) is 49.9 Å². The van der Waals surface area contributed by atoms with Crippen LogP contribution in [0.5, 0.6) is 0 Å². The monoisotopic (exact) mass is 908 g/mol. The van der Waals surface area contributed by atoms with Gasteiger partial charge in [0.05, 0.1) is 33.6 Å². The minimum Gasteiger partial charge on any atom is -0.744 e. The second-order valence-electron chi connectivity index (χ2n) is 10.9. The van der Waals surface area contributed by atoms with Gasteiger partial charge in [0.25, 0.3) is 0 Å². The van der Waals surface area contributed by atoms with Gasteiger partial charge in [0, 0.05) is 28.7 Å². The molecule has 0 amide bonds. The number of nitrogens with zero attached hydrogens (tertiary/aromatic N) is 6. The zero-order chi connectivity index (χ0) is 39.5. The number of para-hydroxylation sites is 1. The maximum Gasteiger partial charge on any atom is 1.00 e. The molecule has 0 aliphatic carbocycles. The summed E-state index contributed by atoms with van der Waals surface area (Å²) in [4.78, 5) is 11.0. The van der Waals surface area contributed by atoms with E-state index in [4.69, 9.17) is 5.73 Å². The van der Waals surface area contributed by atoms with Gasteiger partial charge in [0.1, 0.15) is 31.6 Å². The second kappa shape index (κ2) is 22.0. The Hall–Kier alpha value is -2.28. The molecule has 28 heteroatoms. The molecule has 0 saturated carbocycles. The first-order valence-corrected chi connectivity index (χ1v) is 20.8. The Morgan fingerprint density at radius 2 is 1.31 bits per heavy atom. The van der Waals surface area contributed by atoms with E-state index < -0.39 is 98.6 Å². The molecule has 5 rings (SSSR count). The van der Waals surface area contributed by atoms with Crippen molar-refractivity contribution >= 4 is 91.6 Å². The number of hydrogen-bond donors (Lipinski definition) is 2. The number of hydrogen-bond acceptors (Lipinski definition) is 20. The number of benzene rings is 4. The Morgan fingerprint density at radius 3 is 1.91 bits per heavy atom. The van der Waals surface area contributed by atoms with Crippen LogP contribution in [0.1, 0.15) is 7.43 Å². The fourth-order valence-corrected chi connectivity index (χ4v) is 7.51. The number of sulfone groups is 1. The molecule has 0 unspecified atom stereocenters. The van der Waals surface area contributed by atoms with E-state index in [1.165, 1.54) is 41.3 Å². The van der Waals surface area contributed by atoms with E-state index in [2.05, 4.69) is 34.7 Å². The minimum atomic E-state index is -5.21. The van der Waals surface area contributed by atoms with Crippen LogP contribution in [0.15, 0.2) is 98.9 Å². The molecule has 1 heterocycles. The Balaban J connectivity index is 0.00000420. The van der Waals surface area contributed by atoms with Crippen molar-refractivity contribution in [1.29, 1.82) is 0 Å². The van der Waals surface area contributed by atoms with Crippen LogP contribution in [0.2, 0.25) is 0 Å². The Bertz CT molecular complexity index is 2720. The fourth-order valence-electron chi connectivity index (χ4n) is 4.83. The molecule has 20 nitrogen and oxygen atoms in total. The third-order valence-electron chi connectivity index (χ3n) is 7.20. The quantitative estimate of drug-likeness (QED) is 0.0325. The standard InChI is InChI=1S/C29H27FN8O12S4.CH4.3Na/c30-27-33-28(35-29(34-27)38(19-6-2-1-3-7-19)12-14-51(39,40)15-13-50-54(47,48)49)32-18-10-11-24(52(41,42)43)22(16-18)36-37-23-17-25(53(44,45)46)20-8-4-5-9-21(20)26(23)31;;;;/h1-11,16-17H,12-15,31H2,(H,41,42,43)(H,44,45,46)(H,47,48,49)(H,32,33,34,35);1H4;;;/q;;3*+1/p-3. The van der Waals surface area contributed by atoms with Gasteiger partial charge in [-0.25, -0.2) is 33.7 Å². The van der Waals surface area contributed by atoms with Gasteiger partial charge in [0.2, 0.25) is 22.3 Å². The Morgan fingerprint density at radius 1 is 0.724 bits per heavy atom. The predicted molar refractivity (Wildman–Crippen MR) is 192 cm³/mol. The van der Waals surface area contributed by atoms with Crippen LogP contribution in [0.25, 0.3) is 10.8 Å². The van der Waals surface area contributed by atoms with Gasteiger partial charge >= 0.3 is 94.8 Å².